The lowest BCUT2D eigenvalue weighted by Crippen LogP contribution is -2.28. The molecule has 2 atom stereocenters. The van der Waals surface area contributed by atoms with Gasteiger partial charge in [-0.3, -0.25) is 0 Å². The monoisotopic (exact) mass is 276 g/mol. The topological polar surface area (TPSA) is 84.6 Å². The van der Waals surface area contributed by atoms with Crippen LogP contribution in [-0.2, 0) is 9.53 Å². The number of carbonyl (C=O) groups excluding carboxylic acids is 1. The first kappa shape index (κ1) is 14.2. The van der Waals surface area contributed by atoms with Crippen molar-refractivity contribution in [3.8, 4) is 5.69 Å². The number of nitrogens with zero attached hydrogens (tertiary/aromatic N) is 2. The number of methoxy groups -OCH3 is 1. The number of aliphatic hydroxyl groups excluding tert-OH is 2. The largest absolute Gasteiger partial charge is 0.467 e. The molecule has 2 aromatic rings. The van der Waals surface area contributed by atoms with Crippen LogP contribution in [0.2, 0.25) is 0 Å². The fourth-order valence-corrected chi connectivity index (χ4v) is 1.87. The van der Waals surface area contributed by atoms with Crippen LogP contribution in [0.25, 0.3) is 5.69 Å². The van der Waals surface area contributed by atoms with Crippen LogP contribution in [0.3, 0.4) is 0 Å². The summed E-state index contributed by atoms with van der Waals surface area (Å²) in [5.74, 6) is -0.888. The standard InChI is InChI=1S/C14H16N2O4/c1-9-5-3-4-6-11(9)16-8-10(7-15-16)12(17)13(18)14(19)20-2/h3-8,12-13,17-18H,1-2H3. The Bertz CT molecular complexity index is 609. The van der Waals surface area contributed by atoms with E-state index in [0.717, 1.165) is 18.4 Å². The maximum atomic E-state index is 11.2. The Morgan fingerprint density at radius 2 is 2.05 bits per heavy atom. The van der Waals surface area contributed by atoms with Crippen LogP contribution >= 0.6 is 0 Å². The minimum absolute atomic E-state index is 0.339. The molecule has 0 aliphatic carbocycles. The third-order valence-corrected chi connectivity index (χ3v) is 3.05. The Balaban J connectivity index is 2.25. The molecule has 6 nitrogen and oxygen atoms in total. The predicted molar refractivity (Wildman–Crippen MR) is 71.3 cm³/mol. The predicted octanol–water partition coefficient (Wildman–Crippen LogP) is 0.748. The van der Waals surface area contributed by atoms with E-state index in [1.807, 2.05) is 31.2 Å². The van der Waals surface area contributed by atoms with Crippen molar-refractivity contribution < 1.29 is 19.7 Å². The Morgan fingerprint density at radius 1 is 1.35 bits per heavy atom. The smallest absolute Gasteiger partial charge is 0.337 e. The van der Waals surface area contributed by atoms with Gasteiger partial charge in [0.2, 0.25) is 0 Å². The van der Waals surface area contributed by atoms with Crippen molar-refractivity contribution in [1.29, 1.82) is 0 Å². The van der Waals surface area contributed by atoms with E-state index >= 15 is 0 Å². The first-order valence-electron chi connectivity index (χ1n) is 6.09. The van der Waals surface area contributed by atoms with Gasteiger partial charge in [-0.2, -0.15) is 5.10 Å². The van der Waals surface area contributed by atoms with Gasteiger partial charge in [0.05, 0.1) is 19.0 Å². The Kier molecular flexibility index (Phi) is 4.16. The molecule has 0 saturated carbocycles. The maximum absolute atomic E-state index is 11.2. The number of esters is 1. The summed E-state index contributed by atoms with van der Waals surface area (Å²) in [6, 6.07) is 7.62. The molecular formula is C14H16N2O4. The van der Waals surface area contributed by atoms with Crippen LogP contribution in [0.5, 0.6) is 0 Å². The number of ether oxygens (including phenoxy) is 1. The van der Waals surface area contributed by atoms with Crippen LogP contribution in [0, 0.1) is 6.92 Å². The van der Waals surface area contributed by atoms with Gasteiger partial charge in [-0.25, -0.2) is 9.48 Å². The maximum Gasteiger partial charge on any atom is 0.337 e. The van der Waals surface area contributed by atoms with E-state index in [9.17, 15) is 15.0 Å². The number of rotatable bonds is 4. The third-order valence-electron chi connectivity index (χ3n) is 3.05. The number of benzene rings is 1. The molecule has 1 aromatic heterocycles. The summed E-state index contributed by atoms with van der Waals surface area (Å²) in [7, 11) is 1.15. The highest BCUT2D eigenvalue weighted by molar-refractivity contribution is 5.75. The summed E-state index contributed by atoms with van der Waals surface area (Å²) >= 11 is 0. The molecule has 0 amide bonds. The van der Waals surface area contributed by atoms with E-state index in [0.29, 0.717) is 5.56 Å². The molecule has 2 N–H and O–H groups in total. The average Bonchev–Trinajstić information content (AvgIpc) is 2.94. The van der Waals surface area contributed by atoms with E-state index < -0.39 is 18.2 Å². The van der Waals surface area contributed by atoms with Crippen LogP contribution in [0.4, 0.5) is 0 Å². The number of hydrogen-bond donors (Lipinski definition) is 2. The molecule has 0 saturated heterocycles. The fraction of sp³-hybridized carbons (Fsp3) is 0.286. The van der Waals surface area contributed by atoms with Crippen LogP contribution in [-0.4, -0.2) is 39.2 Å². The highest BCUT2D eigenvalue weighted by Gasteiger charge is 2.27. The average molecular weight is 276 g/mol. The summed E-state index contributed by atoms with van der Waals surface area (Å²) in [4.78, 5) is 11.2. The summed E-state index contributed by atoms with van der Waals surface area (Å²) in [5.41, 5.74) is 2.22. The third kappa shape index (κ3) is 2.71. The van der Waals surface area contributed by atoms with Crippen LogP contribution in [0.15, 0.2) is 36.7 Å². The van der Waals surface area contributed by atoms with E-state index in [1.165, 1.54) is 6.20 Å². The van der Waals surface area contributed by atoms with Gasteiger partial charge in [-0.05, 0) is 18.6 Å². The van der Waals surface area contributed by atoms with Crippen molar-refractivity contribution in [2.75, 3.05) is 7.11 Å². The quantitative estimate of drug-likeness (QED) is 0.805. The fourth-order valence-electron chi connectivity index (χ4n) is 1.87. The molecule has 1 aromatic carbocycles. The number of para-hydroxylation sites is 1. The molecular weight excluding hydrogens is 260 g/mol. The van der Waals surface area contributed by atoms with Gasteiger partial charge in [0.25, 0.3) is 0 Å². The number of carbonyl (C=O) groups is 1. The molecule has 0 spiro atoms. The van der Waals surface area contributed by atoms with Crippen molar-refractivity contribution in [3.05, 3.63) is 47.8 Å². The number of aryl methyl sites for hydroxylation is 1. The second-order valence-corrected chi connectivity index (χ2v) is 4.42. The van der Waals surface area contributed by atoms with Gasteiger partial charge in [0.15, 0.2) is 6.10 Å². The number of hydrogen-bond acceptors (Lipinski definition) is 5. The molecule has 2 unspecified atom stereocenters. The van der Waals surface area contributed by atoms with E-state index in [-0.39, 0.29) is 0 Å². The first-order valence-corrected chi connectivity index (χ1v) is 6.09. The highest BCUT2D eigenvalue weighted by Crippen LogP contribution is 2.20. The van der Waals surface area contributed by atoms with Gasteiger partial charge < -0.3 is 14.9 Å². The molecule has 2 rings (SSSR count). The molecule has 6 heteroatoms. The Hall–Kier alpha value is -2.18. The van der Waals surface area contributed by atoms with Gasteiger partial charge in [-0.15, -0.1) is 0 Å². The van der Waals surface area contributed by atoms with Crippen molar-refractivity contribution in [2.45, 2.75) is 19.1 Å². The van der Waals surface area contributed by atoms with E-state index in [2.05, 4.69) is 9.84 Å². The molecule has 106 valence electrons. The summed E-state index contributed by atoms with van der Waals surface area (Å²) in [5, 5.41) is 23.7. The second kappa shape index (κ2) is 5.85. The van der Waals surface area contributed by atoms with Crippen LogP contribution < -0.4 is 0 Å². The zero-order chi connectivity index (χ0) is 14.7. The first-order chi connectivity index (χ1) is 9.54. The van der Waals surface area contributed by atoms with Crippen molar-refractivity contribution in [1.82, 2.24) is 9.78 Å². The highest BCUT2D eigenvalue weighted by atomic mass is 16.5. The zero-order valence-electron chi connectivity index (χ0n) is 11.2. The summed E-state index contributed by atoms with van der Waals surface area (Å²) in [6.45, 7) is 1.94. The van der Waals surface area contributed by atoms with Crippen molar-refractivity contribution in [2.24, 2.45) is 0 Å². The molecule has 0 bridgehead atoms. The van der Waals surface area contributed by atoms with Crippen molar-refractivity contribution >= 4 is 5.97 Å². The molecule has 1 heterocycles. The molecule has 0 fully saturated rings. The number of aromatic nitrogens is 2. The Morgan fingerprint density at radius 3 is 2.70 bits per heavy atom. The lowest BCUT2D eigenvalue weighted by molar-refractivity contribution is -0.156. The zero-order valence-corrected chi connectivity index (χ0v) is 11.2. The minimum atomic E-state index is -1.63. The number of aliphatic hydroxyl groups is 2. The second-order valence-electron chi connectivity index (χ2n) is 4.42. The SMILES string of the molecule is COC(=O)C(O)C(O)c1cnn(-c2ccccc2C)c1. The minimum Gasteiger partial charge on any atom is -0.467 e. The van der Waals surface area contributed by atoms with Gasteiger partial charge in [0, 0.05) is 11.8 Å². The normalized spacial score (nSPS) is 13.8. The molecule has 20 heavy (non-hydrogen) atoms. The van der Waals surface area contributed by atoms with Gasteiger partial charge >= 0.3 is 5.97 Å². The molecule has 0 aliphatic heterocycles. The molecule has 0 aliphatic rings. The van der Waals surface area contributed by atoms with Gasteiger partial charge in [-0.1, -0.05) is 18.2 Å². The lowest BCUT2D eigenvalue weighted by Gasteiger charge is -2.13. The summed E-state index contributed by atoms with van der Waals surface area (Å²) < 4.78 is 5.97. The van der Waals surface area contributed by atoms with Gasteiger partial charge in [0.1, 0.15) is 6.10 Å². The lowest BCUT2D eigenvalue weighted by atomic mass is 10.1. The van der Waals surface area contributed by atoms with E-state index in [1.54, 1.807) is 10.9 Å². The van der Waals surface area contributed by atoms with Crippen molar-refractivity contribution in [3.63, 3.8) is 0 Å². The Labute approximate surface area is 116 Å². The van der Waals surface area contributed by atoms with E-state index in [4.69, 9.17) is 0 Å². The van der Waals surface area contributed by atoms with Crippen LogP contribution in [0.1, 0.15) is 17.2 Å². The summed E-state index contributed by atoms with van der Waals surface area (Å²) in [6.07, 6.45) is -0.0302. The molecule has 0 radical (unpaired) electrons.